The number of hydrogen-bond acceptors (Lipinski definition) is 3. The van der Waals surface area contributed by atoms with Crippen LogP contribution in [0.1, 0.15) is 60.3 Å². The molecule has 2 aromatic rings. The van der Waals surface area contributed by atoms with E-state index < -0.39 is 0 Å². The minimum atomic E-state index is 0.0183. The molecule has 0 saturated heterocycles. The lowest BCUT2D eigenvalue weighted by Crippen LogP contribution is -2.34. The maximum atomic E-state index is 12.8. The van der Waals surface area contributed by atoms with Crippen LogP contribution in [-0.2, 0) is 7.05 Å². The Kier molecular flexibility index (Phi) is 2.99. The molecule has 22 heavy (non-hydrogen) atoms. The minimum absolute atomic E-state index is 0.0183. The van der Waals surface area contributed by atoms with Crippen molar-refractivity contribution in [1.82, 2.24) is 20.1 Å². The van der Waals surface area contributed by atoms with E-state index in [0.29, 0.717) is 11.8 Å². The van der Waals surface area contributed by atoms with Crippen LogP contribution in [0.5, 0.6) is 0 Å². The normalized spacial score (nSPS) is 19.4. The highest BCUT2D eigenvalue weighted by molar-refractivity contribution is 6.06. The van der Waals surface area contributed by atoms with Crippen LogP contribution in [0.25, 0.3) is 11.0 Å². The van der Waals surface area contributed by atoms with Crippen LogP contribution in [0.2, 0.25) is 0 Å². The second kappa shape index (κ2) is 4.80. The Morgan fingerprint density at radius 2 is 2.09 bits per heavy atom. The Bertz CT molecular complexity index is 756. The lowest BCUT2D eigenvalue weighted by atomic mass is 10.1. The Morgan fingerprint density at radius 1 is 1.36 bits per heavy atom. The van der Waals surface area contributed by atoms with Crippen LogP contribution in [0, 0.1) is 12.8 Å². The molecule has 2 aromatic heterocycles. The lowest BCUT2D eigenvalue weighted by molar-refractivity contribution is 0.0937. The van der Waals surface area contributed by atoms with Crippen molar-refractivity contribution < 1.29 is 4.79 Å². The SMILES string of the molecule is Cc1nn(C)c2nc(C3CC3)cc(C(=O)NC(C)C3CC3)c12. The molecule has 2 heterocycles. The highest BCUT2D eigenvalue weighted by atomic mass is 16.1. The molecule has 116 valence electrons. The number of amides is 1. The van der Waals surface area contributed by atoms with Crippen molar-refractivity contribution in [3.05, 3.63) is 23.0 Å². The van der Waals surface area contributed by atoms with Gasteiger partial charge in [0.1, 0.15) is 0 Å². The number of pyridine rings is 1. The largest absolute Gasteiger partial charge is 0.349 e. The fraction of sp³-hybridized carbons (Fsp3) is 0.588. The van der Waals surface area contributed by atoms with Crippen LogP contribution < -0.4 is 5.32 Å². The van der Waals surface area contributed by atoms with Gasteiger partial charge < -0.3 is 5.32 Å². The van der Waals surface area contributed by atoms with Gasteiger partial charge in [-0.1, -0.05) is 0 Å². The number of aromatic nitrogens is 3. The summed E-state index contributed by atoms with van der Waals surface area (Å²) in [7, 11) is 1.90. The molecule has 2 fully saturated rings. The maximum absolute atomic E-state index is 12.8. The summed E-state index contributed by atoms with van der Waals surface area (Å²) in [5.74, 6) is 1.19. The van der Waals surface area contributed by atoms with Crippen molar-refractivity contribution in [3.8, 4) is 0 Å². The zero-order chi connectivity index (χ0) is 15.4. The van der Waals surface area contributed by atoms with Gasteiger partial charge in [-0.25, -0.2) is 4.98 Å². The summed E-state index contributed by atoms with van der Waals surface area (Å²) < 4.78 is 1.79. The van der Waals surface area contributed by atoms with Crippen molar-refractivity contribution in [2.24, 2.45) is 13.0 Å². The van der Waals surface area contributed by atoms with E-state index in [1.807, 2.05) is 20.0 Å². The van der Waals surface area contributed by atoms with Crippen LogP contribution in [0.3, 0.4) is 0 Å². The van der Waals surface area contributed by atoms with Crippen molar-refractivity contribution in [2.75, 3.05) is 0 Å². The van der Waals surface area contributed by atoms with Crippen LogP contribution in [0.4, 0.5) is 0 Å². The standard InChI is InChI=1S/C17H22N4O/c1-9(11-4-5-11)18-17(22)13-8-14(12-6-7-12)19-16-15(13)10(2)20-21(16)3/h8-9,11-12H,4-7H2,1-3H3,(H,18,22). The smallest absolute Gasteiger partial charge is 0.252 e. The van der Waals surface area contributed by atoms with Crippen LogP contribution in [0.15, 0.2) is 6.07 Å². The number of fused-ring (bicyclic) bond motifs is 1. The van der Waals surface area contributed by atoms with Crippen molar-refractivity contribution >= 4 is 16.9 Å². The first-order valence-corrected chi connectivity index (χ1v) is 8.19. The predicted molar refractivity (Wildman–Crippen MR) is 84.9 cm³/mol. The van der Waals surface area contributed by atoms with Crippen molar-refractivity contribution in [3.63, 3.8) is 0 Å². The summed E-state index contributed by atoms with van der Waals surface area (Å²) in [4.78, 5) is 17.5. The van der Waals surface area contributed by atoms with Gasteiger partial charge >= 0.3 is 0 Å². The summed E-state index contributed by atoms with van der Waals surface area (Å²) in [5, 5.41) is 8.52. The molecule has 5 nitrogen and oxygen atoms in total. The molecule has 0 spiro atoms. The molecule has 1 N–H and O–H groups in total. The number of nitrogens with one attached hydrogen (secondary N) is 1. The first-order chi connectivity index (χ1) is 10.5. The van der Waals surface area contributed by atoms with Gasteiger partial charge in [0.05, 0.1) is 16.6 Å². The molecular weight excluding hydrogens is 276 g/mol. The van der Waals surface area contributed by atoms with Gasteiger partial charge in [0.25, 0.3) is 5.91 Å². The van der Waals surface area contributed by atoms with E-state index in [0.717, 1.165) is 28.0 Å². The monoisotopic (exact) mass is 298 g/mol. The number of aryl methyl sites for hydroxylation is 2. The zero-order valence-electron chi connectivity index (χ0n) is 13.4. The third-order valence-corrected chi connectivity index (χ3v) is 4.92. The topological polar surface area (TPSA) is 59.8 Å². The van der Waals surface area contributed by atoms with Gasteiger partial charge in [0, 0.05) is 24.7 Å². The maximum Gasteiger partial charge on any atom is 0.252 e. The number of carbonyl (C=O) groups is 1. The van der Waals surface area contributed by atoms with E-state index in [-0.39, 0.29) is 11.9 Å². The molecule has 0 aliphatic heterocycles. The third kappa shape index (κ3) is 2.28. The molecule has 1 amide bonds. The molecule has 0 bridgehead atoms. The summed E-state index contributed by atoms with van der Waals surface area (Å²) in [6.07, 6.45) is 4.81. The quantitative estimate of drug-likeness (QED) is 0.944. The Labute approximate surface area is 130 Å². The predicted octanol–water partition coefficient (Wildman–Crippen LogP) is 2.68. The number of nitrogens with zero attached hydrogens (tertiary/aromatic N) is 3. The zero-order valence-corrected chi connectivity index (χ0v) is 13.4. The van der Waals surface area contributed by atoms with Gasteiger partial charge in [-0.05, 0) is 51.5 Å². The van der Waals surface area contributed by atoms with Gasteiger partial charge in [-0.3, -0.25) is 9.48 Å². The second-order valence-corrected chi connectivity index (χ2v) is 6.88. The highest BCUT2D eigenvalue weighted by Crippen LogP contribution is 2.40. The van der Waals surface area contributed by atoms with E-state index in [1.54, 1.807) is 4.68 Å². The second-order valence-electron chi connectivity index (χ2n) is 6.88. The average Bonchev–Trinajstić information content (AvgIpc) is 3.38. The molecule has 2 saturated carbocycles. The third-order valence-electron chi connectivity index (χ3n) is 4.92. The van der Waals surface area contributed by atoms with Gasteiger partial charge in [-0.15, -0.1) is 0 Å². The van der Waals surface area contributed by atoms with Crippen LogP contribution in [-0.4, -0.2) is 26.7 Å². The van der Waals surface area contributed by atoms with Crippen molar-refractivity contribution in [1.29, 1.82) is 0 Å². The van der Waals surface area contributed by atoms with E-state index in [4.69, 9.17) is 4.98 Å². The Morgan fingerprint density at radius 3 is 2.73 bits per heavy atom. The van der Waals surface area contributed by atoms with E-state index in [2.05, 4.69) is 17.3 Å². The molecule has 0 aromatic carbocycles. The van der Waals surface area contributed by atoms with E-state index in [1.165, 1.54) is 25.7 Å². The Balaban J connectivity index is 1.78. The summed E-state index contributed by atoms with van der Waals surface area (Å²) in [6.45, 7) is 4.05. The number of carbonyl (C=O) groups excluding carboxylic acids is 1. The molecule has 2 aliphatic rings. The number of hydrogen-bond donors (Lipinski definition) is 1. The molecule has 1 unspecified atom stereocenters. The minimum Gasteiger partial charge on any atom is -0.349 e. The highest BCUT2D eigenvalue weighted by Gasteiger charge is 2.31. The van der Waals surface area contributed by atoms with E-state index >= 15 is 0 Å². The number of rotatable bonds is 4. The summed E-state index contributed by atoms with van der Waals surface area (Å²) >= 11 is 0. The van der Waals surface area contributed by atoms with Crippen LogP contribution >= 0.6 is 0 Å². The summed E-state index contributed by atoms with van der Waals surface area (Å²) in [5.41, 5.74) is 3.48. The van der Waals surface area contributed by atoms with Gasteiger partial charge in [0.15, 0.2) is 5.65 Å². The Hall–Kier alpha value is -1.91. The average molecular weight is 298 g/mol. The fourth-order valence-electron chi connectivity index (χ4n) is 3.23. The van der Waals surface area contributed by atoms with E-state index in [9.17, 15) is 4.79 Å². The molecular formula is C17H22N4O. The first kappa shape index (κ1) is 13.7. The molecule has 0 radical (unpaired) electrons. The lowest BCUT2D eigenvalue weighted by Gasteiger charge is -2.14. The van der Waals surface area contributed by atoms with Gasteiger partial charge in [0.2, 0.25) is 0 Å². The summed E-state index contributed by atoms with van der Waals surface area (Å²) in [6, 6.07) is 2.24. The molecule has 5 heteroatoms. The van der Waals surface area contributed by atoms with Gasteiger partial charge in [-0.2, -0.15) is 5.10 Å². The fourth-order valence-corrected chi connectivity index (χ4v) is 3.23. The van der Waals surface area contributed by atoms with Crippen molar-refractivity contribution in [2.45, 2.75) is 51.5 Å². The molecule has 2 aliphatic carbocycles. The molecule has 4 rings (SSSR count). The molecule has 1 atom stereocenters. The first-order valence-electron chi connectivity index (χ1n) is 8.19.